The zero-order chi connectivity index (χ0) is 13.4. The Kier molecular flexibility index (Phi) is 6.38. The van der Waals surface area contributed by atoms with Crippen LogP contribution in [0.2, 0.25) is 0 Å². The number of halogens is 2. The zero-order valence-corrected chi connectivity index (χ0v) is 10.9. The van der Waals surface area contributed by atoms with Crippen LogP contribution in [0.5, 0.6) is 0 Å². The van der Waals surface area contributed by atoms with Gasteiger partial charge in [0.15, 0.2) is 11.6 Å². The second-order valence-electron chi connectivity index (χ2n) is 4.17. The van der Waals surface area contributed by atoms with Crippen molar-refractivity contribution in [1.29, 1.82) is 0 Å². The Morgan fingerprint density at radius 1 is 1.28 bits per heavy atom. The number of rotatable bonds is 6. The van der Waals surface area contributed by atoms with Crippen molar-refractivity contribution < 1.29 is 8.78 Å². The zero-order valence-electron chi connectivity index (χ0n) is 10.9. The lowest BCUT2D eigenvalue weighted by Crippen LogP contribution is -2.30. The molecule has 0 saturated heterocycles. The van der Waals surface area contributed by atoms with E-state index in [2.05, 4.69) is 17.2 Å². The van der Waals surface area contributed by atoms with E-state index >= 15 is 0 Å². The molecule has 0 aliphatic heterocycles. The summed E-state index contributed by atoms with van der Waals surface area (Å²) in [4.78, 5) is 0. The summed E-state index contributed by atoms with van der Waals surface area (Å²) in [5, 5.41) is 3.34. The van der Waals surface area contributed by atoms with Gasteiger partial charge in [-0.25, -0.2) is 8.78 Å². The summed E-state index contributed by atoms with van der Waals surface area (Å²) in [5.41, 5.74) is 0.810. The van der Waals surface area contributed by atoms with E-state index in [4.69, 9.17) is 0 Å². The summed E-state index contributed by atoms with van der Waals surface area (Å²) in [6.45, 7) is 4.70. The lowest BCUT2D eigenvalue weighted by molar-refractivity contribution is 0.487. The first kappa shape index (κ1) is 14.7. The van der Waals surface area contributed by atoms with Crippen LogP contribution >= 0.6 is 0 Å². The van der Waals surface area contributed by atoms with Crippen LogP contribution in [0.1, 0.15) is 32.3 Å². The van der Waals surface area contributed by atoms with Crippen LogP contribution in [-0.4, -0.2) is 12.6 Å². The Balaban J connectivity index is 2.62. The number of benzene rings is 1. The fraction of sp³-hybridized carbons (Fsp3) is 0.467. The van der Waals surface area contributed by atoms with E-state index in [0.717, 1.165) is 24.9 Å². The van der Waals surface area contributed by atoms with Gasteiger partial charge in [-0.1, -0.05) is 13.0 Å². The standard InChI is InChI=1S/C15H19F2N/c1-3-5-6-7-13(18-4-2)10-12-8-9-14(16)15(17)11-12/h8-9,11,13,18H,4,6-7,10H2,1-2H3. The highest BCUT2D eigenvalue weighted by Gasteiger charge is 2.09. The Morgan fingerprint density at radius 2 is 2.06 bits per heavy atom. The van der Waals surface area contributed by atoms with Crippen molar-refractivity contribution in [2.75, 3.05) is 6.54 Å². The fourth-order valence-electron chi connectivity index (χ4n) is 1.89. The molecule has 1 rings (SSSR count). The van der Waals surface area contributed by atoms with Gasteiger partial charge in [0, 0.05) is 12.5 Å². The number of hydrogen-bond acceptors (Lipinski definition) is 1. The van der Waals surface area contributed by atoms with Crippen LogP contribution in [0.4, 0.5) is 8.78 Å². The van der Waals surface area contributed by atoms with Crippen LogP contribution in [0.25, 0.3) is 0 Å². The van der Waals surface area contributed by atoms with Crippen molar-refractivity contribution in [3.8, 4) is 11.8 Å². The minimum atomic E-state index is -0.796. The Labute approximate surface area is 108 Å². The second kappa shape index (κ2) is 7.84. The summed E-state index contributed by atoms with van der Waals surface area (Å²) in [6.07, 6.45) is 2.42. The molecule has 0 amide bonds. The third-order valence-electron chi connectivity index (χ3n) is 2.75. The maximum Gasteiger partial charge on any atom is 0.159 e. The van der Waals surface area contributed by atoms with Gasteiger partial charge in [-0.15, -0.1) is 11.8 Å². The van der Waals surface area contributed by atoms with Crippen molar-refractivity contribution in [3.05, 3.63) is 35.4 Å². The molecule has 3 heteroatoms. The number of likely N-dealkylation sites (N-methyl/N-ethyl adjacent to an activating group) is 1. The molecule has 0 fully saturated rings. The first-order valence-corrected chi connectivity index (χ1v) is 6.24. The van der Waals surface area contributed by atoms with Crippen molar-refractivity contribution in [2.45, 2.75) is 39.2 Å². The van der Waals surface area contributed by atoms with Crippen LogP contribution in [0.3, 0.4) is 0 Å². The summed E-state index contributed by atoms with van der Waals surface area (Å²) in [7, 11) is 0. The molecule has 0 heterocycles. The normalized spacial score (nSPS) is 11.8. The van der Waals surface area contributed by atoms with E-state index in [1.807, 2.05) is 13.8 Å². The Hall–Kier alpha value is -1.40. The maximum atomic E-state index is 13.1. The van der Waals surface area contributed by atoms with Gasteiger partial charge in [-0.3, -0.25) is 0 Å². The van der Waals surface area contributed by atoms with E-state index in [9.17, 15) is 8.78 Å². The molecule has 1 unspecified atom stereocenters. The van der Waals surface area contributed by atoms with Gasteiger partial charge in [-0.05, 0) is 44.0 Å². The third-order valence-corrected chi connectivity index (χ3v) is 2.75. The molecule has 0 aliphatic carbocycles. The van der Waals surface area contributed by atoms with Crippen LogP contribution < -0.4 is 5.32 Å². The van der Waals surface area contributed by atoms with Gasteiger partial charge in [0.05, 0.1) is 0 Å². The fourth-order valence-corrected chi connectivity index (χ4v) is 1.89. The smallest absolute Gasteiger partial charge is 0.159 e. The molecular formula is C15H19F2N. The van der Waals surface area contributed by atoms with Gasteiger partial charge in [-0.2, -0.15) is 0 Å². The number of nitrogens with one attached hydrogen (secondary N) is 1. The molecule has 0 radical (unpaired) electrons. The molecule has 1 atom stereocenters. The quantitative estimate of drug-likeness (QED) is 0.765. The van der Waals surface area contributed by atoms with E-state index in [1.165, 1.54) is 12.1 Å². The third kappa shape index (κ3) is 4.85. The minimum absolute atomic E-state index is 0.251. The van der Waals surface area contributed by atoms with Crippen molar-refractivity contribution >= 4 is 0 Å². The lowest BCUT2D eigenvalue weighted by Gasteiger charge is -2.16. The SMILES string of the molecule is CC#CCCC(Cc1ccc(F)c(F)c1)NCC. The van der Waals surface area contributed by atoms with E-state index in [1.54, 1.807) is 6.07 Å². The van der Waals surface area contributed by atoms with Crippen LogP contribution in [0.15, 0.2) is 18.2 Å². The molecular weight excluding hydrogens is 232 g/mol. The topological polar surface area (TPSA) is 12.0 Å². The second-order valence-corrected chi connectivity index (χ2v) is 4.17. The molecule has 1 aromatic rings. The van der Waals surface area contributed by atoms with Crippen molar-refractivity contribution in [2.24, 2.45) is 0 Å². The summed E-state index contributed by atoms with van der Waals surface area (Å²) < 4.78 is 25.9. The van der Waals surface area contributed by atoms with Gasteiger partial charge in [0.25, 0.3) is 0 Å². The number of hydrogen-bond donors (Lipinski definition) is 1. The van der Waals surface area contributed by atoms with Gasteiger partial charge in [0.2, 0.25) is 0 Å². The molecule has 0 spiro atoms. The minimum Gasteiger partial charge on any atom is -0.314 e. The van der Waals surface area contributed by atoms with E-state index in [-0.39, 0.29) is 6.04 Å². The van der Waals surface area contributed by atoms with Crippen molar-refractivity contribution in [3.63, 3.8) is 0 Å². The Bertz CT molecular complexity index is 432. The van der Waals surface area contributed by atoms with Gasteiger partial charge >= 0.3 is 0 Å². The highest BCUT2D eigenvalue weighted by atomic mass is 19.2. The van der Waals surface area contributed by atoms with E-state index in [0.29, 0.717) is 6.42 Å². The molecule has 1 aromatic carbocycles. The lowest BCUT2D eigenvalue weighted by atomic mass is 10.0. The van der Waals surface area contributed by atoms with Crippen LogP contribution in [-0.2, 0) is 6.42 Å². The van der Waals surface area contributed by atoms with Crippen molar-refractivity contribution in [1.82, 2.24) is 5.32 Å². The summed E-state index contributed by atoms with van der Waals surface area (Å²) in [5.74, 6) is 4.30. The maximum absolute atomic E-state index is 13.1. The molecule has 98 valence electrons. The van der Waals surface area contributed by atoms with E-state index < -0.39 is 11.6 Å². The molecule has 1 nitrogen and oxygen atoms in total. The van der Waals surface area contributed by atoms with Crippen LogP contribution in [0, 0.1) is 23.5 Å². The molecule has 0 aliphatic rings. The van der Waals surface area contributed by atoms with Gasteiger partial charge in [0.1, 0.15) is 0 Å². The largest absolute Gasteiger partial charge is 0.314 e. The predicted octanol–water partition coefficient (Wildman–Crippen LogP) is 3.29. The average molecular weight is 251 g/mol. The predicted molar refractivity (Wildman–Crippen MR) is 70.2 cm³/mol. The first-order valence-electron chi connectivity index (χ1n) is 6.24. The average Bonchev–Trinajstić information content (AvgIpc) is 2.34. The summed E-state index contributed by atoms with van der Waals surface area (Å²) >= 11 is 0. The summed E-state index contributed by atoms with van der Waals surface area (Å²) in [6, 6.07) is 4.33. The molecule has 0 aromatic heterocycles. The highest BCUT2D eigenvalue weighted by molar-refractivity contribution is 5.19. The van der Waals surface area contributed by atoms with Gasteiger partial charge < -0.3 is 5.32 Å². The Morgan fingerprint density at radius 3 is 2.67 bits per heavy atom. The monoisotopic (exact) mass is 251 g/mol. The molecule has 1 N–H and O–H groups in total. The molecule has 0 bridgehead atoms. The molecule has 0 saturated carbocycles. The first-order chi connectivity index (χ1) is 8.67. The highest BCUT2D eigenvalue weighted by Crippen LogP contribution is 2.12. The molecule has 18 heavy (non-hydrogen) atoms.